The van der Waals surface area contributed by atoms with Gasteiger partial charge in [0, 0.05) is 0 Å². The normalized spacial score (nSPS) is 11.9. The Hall–Kier alpha value is -1.63. The summed E-state index contributed by atoms with van der Waals surface area (Å²) in [7, 11) is 0. The van der Waals surface area contributed by atoms with Crippen LogP contribution in [0.1, 0.15) is 11.1 Å². The van der Waals surface area contributed by atoms with Crippen LogP contribution in [-0.4, -0.2) is 0 Å². The number of hydrogen-bond donors (Lipinski definition) is 0. The van der Waals surface area contributed by atoms with Gasteiger partial charge in [0.15, 0.2) is 0 Å². The first-order valence-electron chi connectivity index (χ1n) is 7.86. The molecule has 22 heavy (non-hydrogen) atoms. The standard InChI is InChI=1S/C19H13.2CH3.Ti/c1-2-7-14(8-3-1)17-12-6-10-16-13-15-9-4-5-11-18(15)19(16)17;;;/h1-9,11-12H,13H2;2*1H3;. The first kappa shape index (κ1) is 14.0. The van der Waals surface area contributed by atoms with Gasteiger partial charge < -0.3 is 0 Å². The molecule has 0 aromatic heterocycles. The molecule has 0 unspecified atom stereocenters. The first-order valence-corrected chi connectivity index (χ1v) is 11.8. The molecular weight excluding hydrogens is 300 g/mol. The zero-order valence-electron chi connectivity index (χ0n) is 13.1. The summed E-state index contributed by atoms with van der Waals surface area (Å²) in [5.74, 6) is 0. The summed E-state index contributed by atoms with van der Waals surface area (Å²) in [6.07, 6.45) is 1.11. The van der Waals surface area contributed by atoms with Crippen LogP contribution in [0.2, 0.25) is 10.5 Å². The van der Waals surface area contributed by atoms with E-state index in [9.17, 15) is 0 Å². The Bertz CT molecular complexity index is 832. The van der Waals surface area contributed by atoms with Crippen molar-refractivity contribution in [3.63, 3.8) is 0 Å². The molecule has 0 nitrogen and oxygen atoms in total. The number of fused-ring (bicyclic) bond motifs is 3. The van der Waals surface area contributed by atoms with Gasteiger partial charge in [0.25, 0.3) is 0 Å². The predicted octanol–water partition coefficient (Wildman–Crippen LogP) is 5.26. The second kappa shape index (κ2) is 5.54. The van der Waals surface area contributed by atoms with Crippen molar-refractivity contribution in [1.82, 2.24) is 0 Å². The summed E-state index contributed by atoms with van der Waals surface area (Å²) in [6, 6.07) is 24.5. The van der Waals surface area contributed by atoms with E-state index in [1.165, 1.54) is 27.8 Å². The second-order valence-electron chi connectivity index (χ2n) is 6.21. The van der Waals surface area contributed by atoms with Crippen LogP contribution in [0.25, 0.3) is 22.3 Å². The van der Waals surface area contributed by atoms with Crippen LogP contribution in [0.4, 0.5) is 0 Å². The molecule has 0 atom stereocenters. The average molecular weight is 319 g/mol. The number of hydrogen-bond acceptors (Lipinski definition) is 0. The monoisotopic (exact) mass is 319 g/mol. The molecule has 3 aromatic rings. The van der Waals surface area contributed by atoms with Crippen molar-refractivity contribution >= 4 is 3.87 Å². The zero-order chi connectivity index (χ0) is 15.1. The molecule has 0 spiro atoms. The average Bonchev–Trinajstić information content (AvgIpc) is 2.94. The Morgan fingerprint density at radius 1 is 0.727 bits per heavy atom. The van der Waals surface area contributed by atoms with Crippen LogP contribution in [0.3, 0.4) is 0 Å². The molecule has 0 bridgehead atoms. The van der Waals surface area contributed by atoms with E-state index >= 15 is 0 Å². The zero-order valence-corrected chi connectivity index (χ0v) is 14.6. The summed E-state index contributed by atoms with van der Waals surface area (Å²) in [5.41, 5.74) is 8.74. The molecule has 0 aliphatic heterocycles. The first-order chi connectivity index (χ1) is 10.8. The second-order valence-corrected chi connectivity index (χ2v) is 10.2. The quantitative estimate of drug-likeness (QED) is 0.442. The van der Waals surface area contributed by atoms with Gasteiger partial charge in [0.05, 0.1) is 0 Å². The van der Waals surface area contributed by atoms with Crippen molar-refractivity contribution < 1.29 is 17.9 Å². The Morgan fingerprint density at radius 2 is 1.45 bits per heavy atom. The van der Waals surface area contributed by atoms with E-state index in [4.69, 9.17) is 0 Å². The minimum atomic E-state index is -1.10. The summed E-state index contributed by atoms with van der Waals surface area (Å²) in [4.78, 5) is 0. The fraction of sp³-hybridized carbons (Fsp3) is 0.143. The van der Waals surface area contributed by atoms with Crippen LogP contribution in [0, 0.1) is 0 Å². The van der Waals surface area contributed by atoms with Gasteiger partial charge in [-0.1, -0.05) is 0 Å². The summed E-state index contributed by atoms with van der Waals surface area (Å²) < 4.78 is 1.66. The van der Waals surface area contributed by atoms with E-state index in [-0.39, 0.29) is 0 Å². The number of benzene rings is 3. The van der Waals surface area contributed by atoms with Crippen LogP contribution in [0.5, 0.6) is 0 Å². The van der Waals surface area contributed by atoms with E-state index in [0.29, 0.717) is 0 Å². The third kappa shape index (κ3) is 2.19. The maximum absolute atomic E-state index is 2.46. The minimum absolute atomic E-state index is 1.10. The van der Waals surface area contributed by atoms with Crippen molar-refractivity contribution in [2.45, 2.75) is 16.9 Å². The molecule has 0 amide bonds. The van der Waals surface area contributed by atoms with Gasteiger partial charge in [-0.3, -0.25) is 0 Å². The maximum atomic E-state index is 2.46. The van der Waals surface area contributed by atoms with Gasteiger partial charge in [-0.05, 0) is 0 Å². The summed E-state index contributed by atoms with van der Waals surface area (Å²) in [6.45, 7) is 0. The molecule has 0 saturated carbocycles. The van der Waals surface area contributed by atoms with Crippen LogP contribution in [-0.2, 0) is 24.3 Å². The summed E-state index contributed by atoms with van der Waals surface area (Å²) >= 11 is -1.10. The summed E-state index contributed by atoms with van der Waals surface area (Å²) in [5, 5.41) is 4.92. The molecule has 0 fully saturated rings. The van der Waals surface area contributed by atoms with Crippen LogP contribution >= 0.6 is 0 Å². The molecule has 0 radical (unpaired) electrons. The molecule has 1 heteroatoms. The van der Waals surface area contributed by atoms with Gasteiger partial charge in [-0.15, -0.1) is 0 Å². The molecule has 4 rings (SSSR count). The van der Waals surface area contributed by atoms with Gasteiger partial charge >= 0.3 is 139 Å². The van der Waals surface area contributed by atoms with Gasteiger partial charge in [0.1, 0.15) is 0 Å². The molecule has 1 aliphatic rings. The number of rotatable bonds is 2. The third-order valence-corrected chi connectivity index (χ3v) is 7.00. The van der Waals surface area contributed by atoms with Crippen LogP contribution in [0.15, 0.2) is 66.7 Å². The molecule has 1 aliphatic carbocycles. The molecule has 0 N–H and O–H groups in total. The fourth-order valence-electron chi connectivity index (χ4n) is 3.57. The topological polar surface area (TPSA) is 0 Å². The fourth-order valence-corrected chi connectivity index (χ4v) is 5.50. The molecule has 107 valence electrons. The van der Waals surface area contributed by atoms with Crippen molar-refractivity contribution in [2.24, 2.45) is 0 Å². The third-order valence-electron chi connectivity index (χ3n) is 4.59. The Labute approximate surface area is 138 Å². The molecule has 0 heterocycles. The predicted molar refractivity (Wildman–Crippen MR) is 91.5 cm³/mol. The Kier molecular flexibility index (Phi) is 3.52. The molecule has 0 saturated heterocycles. The van der Waals surface area contributed by atoms with E-state index < -0.39 is 17.9 Å². The van der Waals surface area contributed by atoms with E-state index in [1.807, 2.05) is 0 Å². The van der Waals surface area contributed by atoms with Crippen molar-refractivity contribution in [2.75, 3.05) is 0 Å². The van der Waals surface area contributed by atoms with Gasteiger partial charge in [-0.25, -0.2) is 0 Å². The van der Waals surface area contributed by atoms with E-state index in [0.717, 1.165) is 6.42 Å². The Morgan fingerprint density at radius 3 is 2.23 bits per heavy atom. The van der Waals surface area contributed by atoms with Crippen molar-refractivity contribution in [3.8, 4) is 22.3 Å². The van der Waals surface area contributed by atoms with Gasteiger partial charge in [-0.2, -0.15) is 0 Å². The van der Waals surface area contributed by atoms with E-state index in [1.54, 1.807) is 9.43 Å². The van der Waals surface area contributed by atoms with E-state index in [2.05, 4.69) is 77.2 Å². The van der Waals surface area contributed by atoms with Crippen molar-refractivity contribution in [1.29, 1.82) is 0 Å². The van der Waals surface area contributed by atoms with Crippen molar-refractivity contribution in [3.05, 3.63) is 77.9 Å². The van der Waals surface area contributed by atoms with Crippen LogP contribution < -0.4 is 3.87 Å². The molecule has 3 aromatic carbocycles. The SMILES string of the molecule is [CH3][Ti]([CH3])[c]1ccc(-c2ccccc2)c2c1Cc1ccccc1-2. The Balaban J connectivity index is 2.03. The van der Waals surface area contributed by atoms with Gasteiger partial charge in [0.2, 0.25) is 0 Å². The molecular formula is C21H19Ti.